The number of esters is 1. The second kappa shape index (κ2) is 7.72. The van der Waals surface area contributed by atoms with Crippen LogP contribution in [0.3, 0.4) is 0 Å². The second-order valence-electron chi connectivity index (χ2n) is 4.22. The summed E-state index contributed by atoms with van der Waals surface area (Å²) < 4.78 is 15.1. The number of rotatable bonds is 7. The number of benzene rings is 1. The van der Waals surface area contributed by atoms with Crippen LogP contribution in [0.5, 0.6) is 5.75 Å². The van der Waals surface area contributed by atoms with Gasteiger partial charge in [0.25, 0.3) is 0 Å². The van der Waals surface area contributed by atoms with E-state index in [4.69, 9.17) is 19.7 Å². The first-order chi connectivity index (χ1) is 10.7. The Morgan fingerprint density at radius 1 is 1.23 bits per heavy atom. The largest absolute Gasteiger partial charge is 0.486 e. The Labute approximate surface area is 127 Å². The molecule has 0 saturated carbocycles. The molecule has 1 aromatic heterocycles. The van der Waals surface area contributed by atoms with Gasteiger partial charge in [-0.1, -0.05) is 23.4 Å². The molecule has 2 N–H and O–H groups in total. The smallest absolute Gasteiger partial charge is 0.373 e. The average Bonchev–Trinajstić information content (AvgIpc) is 3.02. The fourth-order valence-electron chi connectivity index (χ4n) is 1.54. The molecule has 2 aromatic rings. The van der Waals surface area contributed by atoms with E-state index in [0.717, 1.165) is 0 Å². The van der Waals surface area contributed by atoms with E-state index in [2.05, 4.69) is 9.89 Å². The quantitative estimate of drug-likeness (QED) is 0.363. The zero-order valence-corrected chi connectivity index (χ0v) is 12.0. The average molecular weight is 304 g/mol. The lowest BCUT2D eigenvalue weighted by atomic mass is 10.3. The molecule has 1 heterocycles. The molecule has 0 fully saturated rings. The number of nitrogens with zero attached hydrogens (tertiary/aromatic N) is 1. The Hall–Kier alpha value is -2.96. The third-order valence-electron chi connectivity index (χ3n) is 2.57. The van der Waals surface area contributed by atoms with E-state index in [9.17, 15) is 4.79 Å². The van der Waals surface area contributed by atoms with Crippen LogP contribution in [0, 0.1) is 0 Å². The number of amidine groups is 1. The minimum Gasteiger partial charge on any atom is -0.486 e. The predicted molar refractivity (Wildman–Crippen MR) is 78.4 cm³/mol. The molecule has 0 unspecified atom stereocenters. The highest BCUT2D eigenvalue weighted by Gasteiger charge is 2.11. The molecular formula is C15H16N2O5. The topological polar surface area (TPSA) is 96.3 Å². The normalized spacial score (nSPS) is 11.0. The molecule has 0 atom stereocenters. The van der Waals surface area contributed by atoms with Crippen molar-refractivity contribution in [1.29, 1.82) is 0 Å². The Kier molecular flexibility index (Phi) is 5.42. The van der Waals surface area contributed by atoms with Gasteiger partial charge in [-0.05, 0) is 24.3 Å². The lowest BCUT2D eigenvalue weighted by Crippen LogP contribution is -2.21. The fraction of sp³-hybridized carbons (Fsp3) is 0.200. The van der Waals surface area contributed by atoms with Gasteiger partial charge in [-0.25, -0.2) is 4.79 Å². The summed E-state index contributed by atoms with van der Waals surface area (Å²) in [7, 11) is 1.28. The Balaban J connectivity index is 1.76. The molecule has 0 aliphatic carbocycles. The number of para-hydroxylation sites is 1. The molecular weight excluding hydrogens is 288 g/mol. The van der Waals surface area contributed by atoms with Crippen molar-refractivity contribution in [3.63, 3.8) is 0 Å². The predicted octanol–water partition coefficient (Wildman–Crippen LogP) is 1.93. The number of hydrogen-bond donors (Lipinski definition) is 1. The number of hydrogen-bond acceptors (Lipinski definition) is 6. The van der Waals surface area contributed by atoms with Gasteiger partial charge < -0.3 is 24.5 Å². The monoisotopic (exact) mass is 304 g/mol. The summed E-state index contributed by atoms with van der Waals surface area (Å²) in [6.45, 7) is 0.151. The van der Waals surface area contributed by atoms with Gasteiger partial charge in [0.2, 0.25) is 5.76 Å². The van der Waals surface area contributed by atoms with E-state index < -0.39 is 5.97 Å². The van der Waals surface area contributed by atoms with Crippen molar-refractivity contribution in [2.45, 2.75) is 6.61 Å². The first-order valence-electron chi connectivity index (χ1n) is 6.48. The number of oxime groups is 1. The van der Waals surface area contributed by atoms with Crippen molar-refractivity contribution in [2.24, 2.45) is 10.9 Å². The van der Waals surface area contributed by atoms with Gasteiger partial charge in [0.1, 0.15) is 18.1 Å². The van der Waals surface area contributed by atoms with E-state index in [-0.39, 0.29) is 24.8 Å². The SMILES string of the molecule is COC(=O)c1ccc(CON=C(N)COc2ccccc2)o1. The van der Waals surface area contributed by atoms with Crippen molar-refractivity contribution < 1.29 is 23.5 Å². The second-order valence-corrected chi connectivity index (χ2v) is 4.22. The van der Waals surface area contributed by atoms with Crippen molar-refractivity contribution in [1.82, 2.24) is 0 Å². The van der Waals surface area contributed by atoms with Crippen LogP contribution in [0.2, 0.25) is 0 Å². The van der Waals surface area contributed by atoms with Gasteiger partial charge in [-0.3, -0.25) is 0 Å². The summed E-state index contributed by atoms with van der Waals surface area (Å²) in [5.74, 6) is 0.856. The summed E-state index contributed by atoms with van der Waals surface area (Å²) in [6, 6.07) is 12.3. The minimum atomic E-state index is -0.550. The van der Waals surface area contributed by atoms with Gasteiger partial charge in [0, 0.05) is 0 Å². The van der Waals surface area contributed by atoms with E-state index in [1.807, 2.05) is 30.3 Å². The van der Waals surface area contributed by atoms with Gasteiger partial charge in [0.05, 0.1) is 7.11 Å². The van der Waals surface area contributed by atoms with Gasteiger partial charge in [-0.15, -0.1) is 0 Å². The number of nitrogens with two attached hydrogens (primary N) is 1. The van der Waals surface area contributed by atoms with Crippen molar-refractivity contribution in [2.75, 3.05) is 13.7 Å². The van der Waals surface area contributed by atoms with Crippen LogP contribution in [0.25, 0.3) is 0 Å². The van der Waals surface area contributed by atoms with Crippen molar-refractivity contribution in [3.8, 4) is 5.75 Å². The summed E-state index contributed by atoms with van der Waals surface area (Å²) in [5, 5.41) is 3.70. The number of carbonyl (C=O) groups is 1. The first-order valence-corrected chi connectivity index (χ1v) is 6.48. The molecule has 0 radical (unpaired) electrons. The highest BCUT2D eigenvalue weighted by molar-refractivity contribution is 5.86. The molecule has 0 amide bonds. The Morgan fingerprint density at radius 2 is 2.00 bits per heavy atom. The van der Waals surface area contributed by atoms with E-state index >= 15 is 0 Å². The molecule has 0 saturated heterocycles. The lowest BCUT2D eigenvalue weighted by molar-refractivity contribution is 0.0553. The third kappa shape index (κ3) is 4.55. The molecule has 7 heteroatoms. The fourth-order valence-corrected chi connectivity index (χ4v) is 1.54. The van der Waals surface area contributed by atoms with E-state index in [0.29, 0.717) is 11.5 Å². The molecule has 7 nitrogen and oxygen atoms in total. The number of carbonyl (C=O) groups excluding carboxylic acids is 1. The van der Waals surface area contributed by atoms with Crippen LogP contribution < -0.4 is 10.5 Å². The van der Waals surface area contributed by atoms with Crippen LogP contribution in [0.15, 0.2) is 52.0 Å². The van der Waals surface area contributed by atoms with Gasteiger partial charge in [-0.2, -0.15) is 0 Å². The lowest BCUT2D eigenvalue weighted by Gasteiger charge is -2.04. The highest BCUT2D eigenvalue weighted by atomic mass is 16.6. The Morgan fingerprint density at radius 3 is 2.73 bits per heavy atom. The van der Waals surface area contributed by atoms with Crippen LogP contribution in [-0.4, -0.2) is 25.5 Å². The minimum absolute atomic E-state index is 0.0447. The molecule has 0 bridgehead atoms. The molecule has 0 spiro atoms. The molecule has 116 valence electrons. The summed E-state index contributed by atoms with van der Waals surface area (Å²) in [6.07, 6.45) is 0. The first kappa shape index (κ1) is 15.4. The summed E-state index contributed by atoms with van der Waals surface area (Å²) in [5.41, 5.74) is 5.66. The molecule has 2 rings (SSSR count). The van der Waals surface area contributed by atoms with Crippen LogP contribution >= 0.6 is 0 Å². The van der Waals surface area contributed by atoms with Crippen LogP contribution in [0.4, 0.5) is 0 Å². The maximum absolute atomic E-state index is 11.2. The molecule has 22 heavy (non-hydrogen) atoms. The molecule has 1 aromatic carbocycles. The number of furan rings is 1. The van der Waals surface area contributed by atoms with Crippen LogP contribution in [-0.2, 0) is 16.2 Å². The summed E-state index contributed by atoms with van der Waals surface area (Å²) in [4.78, 5) is 16.2. The zero-order valence-electron chi connectivity index (χ0n) is 12.0. The van der Waals surface area contributed by atoms with Crippen molar-refractivity contribution in [3.05, 3.63) is 54.0 Å². The number of ether oxygens (including phenoxy) is 2. The number of methoxy groups -OCH3 is 1. The maximum atomic E-state index is 11.2. The van der Waals surface area contributed by atoms with Crippen LogP contribution in [0.1, 0.15) is 16.3 Å². The molecule has 0 aliphatic heterocycles. The van der Waals surface area contributed by atoms with E-state index in [1.54, 1.807) is 6.07 Å². The van der Waals surface area contributed by atoms with Gasteiger partial charge >= 0.3 is 5.97 Å². The summed E-state index contributed by atoms with van der Waals surface area (Å²) >= 11 is 0. The Bertz CT molecular complexity index is 636. The standard InChI is InChI=1S/C15H16N2O5/c1-19-15(18)13-8-7-12(22-13)9-21-17-14(16)10-20-11-5-3-2-4-6-11/h2-8H,9-10H2,1H3,(H2,16,17). The van der Waals surface area contributed by atoms with E-state index in [1.165, 1.54) is 13.2 Å². The zero-order chi connectivity index (χ0) is 15.8. The van der Waals surface area contributed by atoms with Gasteiger partial charge in [0.15, 0.2) is 12.4 Å². The third-order valence-corrected chi connectivity index (χ3v) is 2.57. The van der Waals surface area contributed by atoms with Crippen molar-refractivity contribution >= 4 is 11.8 Å². The molecule has 0 aliphatic rings. The highest BCUT2D eigenvalue weighted by Crippen LogP contribution is 2.10. The maximum Gasteiger partial charge on any atom is 0.373 e.